The number of nitrogens with zero attached hydrogens (tertiary/aromatic N) is 3. The van der Waals surface area contributed by atoms with E-state index >= 15 is 0 Å². The Morgan fingerprint density at radius 3 is 2.57 bits per heavy atom. The molecule has 0 saturated carbocycles. The molecule has 0 atom stereocenters. The van der Waals surface area contributed by atoms with Crippen LogP contribution in [0.5, 0.6) is 5.75 Å². The van der Waals surface area contributed by atoms with Gasteiger partial charge in [-0.2, -0.15) is 9.90 Å². The first-order valence-corrected chi connectivity index (χ1v) is 4.17. The van der Waals surface area contributed by atoms with Crippen molar-refractivity contribution < 1.29 is 5.11 Å². The number of phenols is 1. The fourth-order valence-corrected chi connectivity index (χ4v) is 1.15. The van der Waals surface area contributed by atoms with E-state index in [-0.39, 0.29) is 5.75 Å². The summed E-state index contributed by atoms with van der Waals surface area (Å²) in [6.45, 7) is 0.553. The Hall–Kier alpha value is -2.04. The lowest BCUT2D eigenvalue weighted by molar-refractivity contribution is 0.474. The van der Waals surface area contributed by atoms with E-state index in [9.17, 15) is 0 Å². The number of nitrogens with two attached hydrogens (primary N) is 1. The molecule has 5 heteroatoms. The van der Waals surface area contributed by atoms with E-state index in [0.29, 0.717) is 12.4 Å². The quantitative estimate of drug-likeness (QED) is 0.727. The second kappa shape index (κ2) is 3.37. The van der Waals surface area contributed by atoms with Crippen LogP contribution in [0.4, 0.5) is 5.82 Å². The van der Waals surface area contributed by atoms with Gasteiger partial charge in [-0.25, -0.2) is 0 Å². The summed E-state index contributed by atoms with van der Waals surface area (Å²) in [6.07, 6.45) is 1.50. The largest absolute Gasteiger partial charge is 0.508 e. The smallest absolute Gasteiger partial charge is 0.165 e. The lowest BCUT2D eigenvalue weighted by atomic mass is 10.2. The SMILES string of the molecule is Nc1cnn(Cc2ccc(O)cc2)n1. The predicted octanol–water partition coefficient (Wildman–Crippen LogP) is 0.614. The monoisotopic (exact) mass is 190 g/mol. The van der Waals surface area contributed by atoms with Crippen LogP contribution in [-0.2, 0) is 6.54 Å². The molecule has 0 aliphatic heterocycles. The highest BCUT2D eigenvalue weighted by Gasteiger charge is 1.98. The number of hydrogen-bond acceptors (Lipinski definition) is 4. The molecule has 1 aromatic carbocycles. The minimum absolute atomic E-state index is 0.252. The molecule has 0 aliphatic rings. The molecule has 72 valence electrons. The van der Waals surface area contributed by atoms with Crippen LogP contribution >= 0.6 is 0 Å². The van der Waals surface area contributed by atoms with Crippen molar-refractivity contribution in [2.24, 2.45) is 0 Å². The fourth-order valence-electron chi connectivity index (χ4n) is 1.15. The van der Waals surface area contributed by atoms with Crippen molar-refractivity contribution in [3.05, 3.63) is 36.0 Å². The van der Waals surface area contributed by atoms with Crippen molar-refractivity contribution in [2.75, 3.05) is 5.73 Å². The van der Waals surface area contributed by atoms with Gasteiger partial charge in [0.05, 0.1) is 12.7 Å². The average molecular weight is 190 g/mol. The van der Waals surface area contributed by atoms with Gasteiger partial charge >= 0.3 is 0 Å². The van der Waals surface area contributed by atoms with Crippen LogP contribution in [-0.4, -0.2) is 20.1 Å². The van der Waals surface area contributed by atoms with E-state index in [1.165, 1.54) is 11.0 Å². The van der Waals surface area contributed by atoms with Gasteiger partial charge in [-0.15, -0.1) is 5.10 Å². The zero-order chi connectivity index (χ0) is 9.97. The third kappa shape index (κ3) is 1.82. The number of anilines is 1. The first-order valence-electron chi connectivity index (χ1n) is 4.17. The van der Waals surface area contributed by atoms with E-state index in [1.54, 1.807) is 12.1 Å². The Morgan fingerprint density at radius 2 is 2.00 bits per heavy atom. The van der Waals surface area contributed by atoms with Crippen LogP contribution in [0.25, 0.3) is 0 Å². The number of hydrogen-bond donors (Lipinski definition) is 2. The Balaban J connectivity index is 2.15. The van der Waals surface area contributed by atoms with Gasteiger partial charge in [0.1, 0.15) is 5.75 Å². The number of phenolic OH excluding ortho intramolecular Hbond substituents is 1. The van der Waals surface area contributed by atoms with Crippen molar-refractivity contribution in [1.29, 1.82) is 0 Å². The Labute approximate surface area is 80.8 Å². The van der Waals surface area contributed by atoms with Gasteiger partial charge in [0.25, 0.3) is 0 Å². The Bertz CT molecular complexity index is 421. The second-order valence-corrected chi connectivity index (χ2v) is 2.97. The van der Waals surface area contributed by atoms with Crippen molar-refractivity contribution >= 4 is 5.82 Å². The molecule has 5 nitrogen and oxygen atoms in total. The Kier molecular flexibility index (Phi) is 2.06. The summed E-state index contributed by atoms with van der Waals surface area (Å²) in [7, 11) is 0. The van der Waals surface area contributed by atoms with Gasteiger partial charge < -0.3 is 10.8 Å². The molecule has 0 spiro atoms. The van der Waals surface area contributed by atoms with Crippen molar-refractivity contribution in [1.82, 2.24) is 15.0 Å². The van der Waals surface area contributed by atoms with Gasteiger partial charge in [-0.1, -0.05) is 12.1 Å². The molecule has 0 fully saturated rings. The third-order valence-electron chi connectivity index (χ3n) is 1.81. The molecule has 1 heterocycles. The number of aromatic hydroxyl groups is 1. The molecule has 0 aliphatic carbocycles. The molecule has 2 aromatic rings. The maximum absolute atomic E-state index is 9.07. The van der Waals surface area contributed by atoms with Gasteiger partial charge in [-0.05, 0) is 17.7 Å². The molecule has 0 radical (unpaired) electrons. The number of benzene rings is 1. The molecule has 0 unspecified atom stereocenters. The van der Waals surface area contributed by atoms with Crippen LogP contribution in [0.1, 0.15) is 5.56 Å². The van der Waals surface area contributed by atoms with Crippen LogP contribution in [0.15, 0.2) is 30.5 Å². The molecule has 2 rings (SSSR count). The van der Waals surface area contributed by atoms with Gasteiger partial charge in [0, 0.05) is 0 Å². The summed E-state index contributed by atoms with van der Waals surface area (Å²) in [5, 5.41) is 17.0. The van der Waals surface area contributed by atoms with Crippen molar-refractivity contribution in [3.63, 3.8) is 0 Å². The van der Waals surface area contributed by atoms with Crippen LogP contribution in [0, 0.1) is 0 Å². The average Bonchev–Trinajstić information content (AvgIpc) is 2.56. The van der Waals surface area contributed by atoms with Crippen LogP contribution in [0.3, 0.4) is 0 Å². The molecular formula is C9H10N4O. The van der Waals surface area contributed by atoms with Gasteiger partial charge in [-0.3, -0.25) is 0 Å². The highest BCUT2D eigenvalue weighted by molar-refractivity contribution is 5.26. The third-order valence-corrected chi connectivity index (χ3v) is 1.81. The number of aromatic nitrogens is 3. The molecule has 14 heavy (non-hydrogen) atoms. The van der Waals surface area contributed by atoms with Crippen LogP contribution < -0.4 is 5.73 Å². The summed E-state index contributed by atoms with van der Waals surface area (Å²) < 4.78 is 0. The lowest BCUT2D eigenvalue weighted by Crippen LogP contribution is -2.03. The number of nitrogen functional groups attached to an aromatic ring is 1. The Morgan fingerprint density at radius 1 is 1.29 bits per heavy atom. The number of rotatable bonds is 2. The summed E-state index contributed by atoms with van der Waals surface area (Å²) in [5.74, 6) is 0.658. The van der Waals surface area contributed by atoms with E-state index in [1.807, 2.05) is 12.1 Å². The van der Waals surface area contributed by atoms with E-state index < -0.39 is 0 Å². The zero-order valence-electron chi connectivity index (χ0n) is 7.46. The van der Waals surface area contributed by atoms with E-state index in [2.05, 4.69) is 10.2 Å². The summed E-state index contributed by atoms with van der Waals surface area (Å²) >= 11 is 0. The van der Waals surface area contributed by atoms with Gasteiger partial charge in [0.2, 0.25) is 0 Å². The standard InChI is InChI=1S/C9H10N4O/c10-9-5-11-13(12-9)6-7-1-3-8(14)4-2-7/h1-5,14H,6H2,(H2,10,12). The fraction of sp³-hybridized carbons (Fsp3) is 0.111. The zero-order valence-corrected chi connectivity index (χ0v) is 7.46. The van der Waals surface area contributed by atoms with E-state index in [0.717, 1.165) is 5.56 Å². The molecule has 0 saturated heterocycles. The van der Waals surface area contributed by atoms with Crippen molar-refractivity contribution in [2.45, 2.75) is 6.54 Å². The van der Waals surface area contributed by atoms with E-state index in [4.69, 9.17) is 10.8 Å². The maximum atomic E-state index is 9.07. The molecule has 1 aromatic heterocycles. The van der Waals surface area contributed by atoms with Crippen molar-refractivity contribution in [3.8, 4) is 5.75 Å². The molecule has 0 bridgehead atoms. The summed E-state index contributed by atoms with van der Waals surface area (Å²) in [6, 6.07) is 6.88. The minimum atomic E-state index is 0.252. The first kappa shape index (κ1) is 8.55. The first-order chi connectivity index (χ1) is 6.74. The summed E-state index contributed by atoms with van der Waals surface area (Å²) in [4.78, 5) is 1.50. The maximum Gasteiger partial charge on any atom is 0.165 e. The van der Waals surface area contributed by atoms with Gasteiger partial charge in [0.15, 0.2) is 5.82 Å². The molecule has 3 N–H and O–H groups in total. The molecular weight excluding hydrogens is 180 g/mol. The topological polar surface area (TPSA) is 77.0 Å². The predicted molar refractivity (Wildman–Crippen MR) is 51.6 cm³/mol. The lowest BCUT2D eigenvalue weighted by Gasteiger charge is -1.99. The minimum Gasteiger partial charge on any atom is -0.508 e. The summed E-state index contributed by atoms with van der Waals surface area (Å²) in [5.41, 5.74) is 6.43. The molecule has 0 amide bonds. The highest BCUT2D eigenvalue weighted by Crippen LogP contribution is 2.10. The van der Waals surface area contributed by atoms with Crippen LogP contribution in [0.2, 0.25) is 0 Å². The second-order valence-electron chi connectivity index (χ2n) is 2.97. The highest BCUT2D eigenvalue weighted by atomic mass is 16.3. The normalized spacial score (nSPS) is 10.3.